The number of ether oxygens (including phenoxy) is 1. The summed E-state index contributed by atoms with van der Waals surface area (Å²) in [5, 5.41) is 0. The molecule has 0 aliphatic heterocycles. The van der Waals surface area contributed by atoms with Crippen LogP contribution in [0.5, 0.6) is 0 Å². The highest BCUT2D eigenvalue weighted by Crippen LogP contribution is 2.50. The first kappa shape index (κ1) is 17.6. The normalized spacial score (nSPS) is 24.3. The zero-order chi connectivity index (χ0) is 17.6. The zero-order valence-corrected chi connectivity index (χ0v) is 13.8. The van der Waals surface area contributed by atoms with Gasteiger partial charge in [0.05, 0.1) is 0 Å². The average molecular weight is 320 g/mol. The minimum Gasteiger partial charge on any atom is -0.453 e. The standard InChI is InChI=1S/C20H20N2O2/c1-5-8-18-17-10-9-16(13-17)14-19(18)20(21-3,22-4)11-6-7-12-24-15(2)23/h8,14,16-18H,1,9-13H2,2H3/t16-,17+,18-/m0/s1. The van der Waals surface area contributed by atoms with Crippen LogP contribution in [0.1, 0.15) is 32.6 Å². The fourth-order valence-electron chi connectivity index (χ4n) is 3.61. The molecule has 0 aromatic heterocycles. The van der Waals surface area contributed by atoms with Crippen LogP contribution in [0.25, 0.3) is 9.69 Å². The van der Waals surface area contributed by atoms with Gasteiger partial charge in [0.25, 0.3) is 0 Å². The van der Waals surface area contributed by atoms with Crippen molar-refractivity contribution in [2.75, 3.05) is 6.61 Å². The first-order chi connectivity index (χ1) is 11.6. The van der Waals surface area contributed by atoms with Crippen LogP contribution in [0.4, 0.5) is 0 Å². The molecule has 0 radical (unpaired) electrons. The molecule has 3 atom stereocenters. The van der Waals surface area contributed by atoms with Crippen LogP contribution < -0.4 is 0 Å². The second-order valence-electron chi connectivity index (χ2n) is 6.20. The lowest BCUT2D eigenvalue weighted by Crippen LogP contribution is -2.32. The maximum Gasteiger partial charge on any atom is 0.517 e. The van der Waals surface area contributed by atoms with E-state index in [0.29, 0.717) is 11.8 Å². The van der Waals surface area contributed by atoms with Gasteiger partial charge < -0.3 is 4.74 Å². The quantitative estimate of drug-likeness (QED) is 0.260. The van der Waals surface area contributed by atoms with Crippen molar-refractivity contribution in [2.45, 2.75) is 38.3 Å². The van der Waals surface area contributed by atoms with Gasteiger partial charge in [-0.15, -0.1) is 5.73 Å². The lowest BCUT2D eigenvalue weighted by molar-refractivity contribution is -0.139. The van der Waals surface area contributed by atoms with E-state index in [0.717, 1.165) is 24.8 Å². The molecule has 2 aliphatic rings. The van der Waals surface area contributed by atoms with Gasteiger partial charge >= 0.3 is 11.6 Å². The number of hydrogen-bond donors (Lipinski definition) is 0. The number of allylic oxidation sites excluding steroid dienone is 2. The maximum atomic E-state index is 10.7. The van der Waals surface area contributed by atoms with E-state index in [1.165, 1.54) is 6.92 Å². The van der Waals surface area contributed by atoms with Gasteiger partial charge in [0.15, 0.2) is 13.0 Å². The highest BCUT2D eigenvalue weighted by Gasteiger charge is 2.54. The van der Waals surface area contributed by atoms with Crippen LogP contribution in [-0.2, 0) is 9.53 Å². The zero-order valence-electron chi connectivity index (χ0n) is 13.8. The minimum atomic E-state index is -1.30. The van der Waals surface area contributed by atoms with Crippen LogP contribution in [0.15, 0.2) is 30.0 Å². The third-order valence-electron chi connectivity index (χ3n) is 4.73. The average Bonchev–Trinajstić information content (AvgIpc) is 2.96. The summed E-state index contributed by atoms with van der Waals surface area (Å²) in [7, 11) is 0. The third-order valence-corrected chi connectivity index (χ3v) is 4.73. The first-order valence-electron chi connectivity index (χ1n) is 8.00. The molecular formula is C20H20N2O2. The predicted molar refractivity (Wildman–Crippen MR) is 91.1 cm³/mol. The monoisotopic (exact) mass is 320 g/mol. The van der Waals surface area contributed by atoms with Gasteiger partial charge in [0, 0.05) is 12.8 Å². The Morgan fingerprint density at radius 2 is 2.21 bits per heavy atom. The Kier molecular flexibility index (Phi) is 5.65. The van der Waals surface area contributed by atoms with Crippen molar-refractivity contribution >= 4 is 5.97 Å². The fourth-order valence-corrected chi connectivity index (χ4v) is 3.61. The van der Waals surface area contributed by atoms with E-state index in [2.05, 4.69) is 39.9 Å². The molecule has 0 aromatic carbocycles. The number of esters is 1. The Labute approximate surface area is 143 Å². The SMILES string of the molecule is [C-]#[N+]C(CC#CCOC(C)=O)([N+]#[C-])C1=C[C@H]2CC[C@H](C2)[C@@H]1C=C=C. The summed E-state index contributed by atoms with van der Waals surface area (Å²) in [5.41, 5.74) is 2.39. The van der Waals surface area contributed by atoms with E-state index in [4.69, 9.17) is 17.9 Å². The fraction of sp³-hybridized carbons (Fsp3) is 0.500. The maximum absolute atomic E-state index is 10.7. The summed E-state index contributed by atoms with van der Waals surface area (Å²) >= 11 is 0. The van der Waals surface area contributed by atoms with Gasteiger partial charge in [-0.3, -0.25) is 4.79 Å². The van der Waals surface area contributed by atoms with Gasteiger partial charge in [-0.05, 0) is 37.2 Å². The van der Waals surface area contributed by atoms with Crippen molar-refractivity contribution < 1.29 is 9.53 Å². The van der Waals surface area contributed by atoms with Crippen LogP contribution in [0.2, 0.25) is 0 Å². The molecule has 0 saturated heterocycles. The Hall–Kier alpha value is -2.73. The number of carbonyl (C=O) groups is 1. The molecule has 0 unspecified atom stereocenters. The Morgan fingerprint density at radius 3 is 2.83 bits per heavy atom. The molecule has 2 rings (SSSR count). The summed E-state index contributed by atoms with van der Waals surface area (Å²) in [6.07, 6.45) is 7.46. The minimum absolute atomic E-state index is 0.0122. The van der Waals surface area contributed by atoms with Gasteiger partial charge in [-0.2, -0.15) is 0 Å². The van der Waals surface area contributed by atoms with Gasteiger partial charge in [0.1, 0.15) is 5.57 Å². The van der Waals surface area contributed by atoms with E-state index >= 15 is 0 Å². The number of hydrogen-bond acceptors (Lipinski definition) is 2. The molecular weight excluding hydrogens is 300 g/mol. The van der Waals surface area contributed by atoms with Crippen molar-refractivity contribution in [3.63, 3.8) is 0 Å². The largest absolute Gasteiger partial charge is 0.517 e. The molecule has 0 amide bonds. The first-order valence-corrected chi connectivity index (χ1v) is 8.00. The van der Waals surface area contributed by atoms with E-state index in [1.54, 1.807) is 0 Å². The summed E-state index contributed by atoms with van der Waals surface area (Å²) in [5.74, 6) is 6.13. The second kappa shape index (κ2) is 7.70. The Morgan fingerprint density at radius 1 is 1.46 bits per heavy atom. The highest BCUT2D eigenvalue weighted by atomic mass is 16.5. The molecule has 0 N–H and O–H groups in total. The van der Waals surface area contributed by atoms with Crippen molar-refractivity contribution in [3.05, 3.63) is 52.9 Å². The van der Waals surface area contributed by atoms with Crippen LogP contribution in [-0.4, -0.2) is 18.2 Å². The molecule has 4 heteroatoms. The van der Waals surface area contributed by atoms with Crippen LogP contribution >= 0.6 is 0 Å². The predicted octanol–water partition coefficient (Wildman–Crippen LogP) is 3.79. The third kappa shape index (κ3) is 3.60. The van der Waals surface area contributed by atoms with Crippen molar-refractivity contribution in [1.82, 2.24) is 0 Å². The summed E-state index contributed by atoms with van der Waals surface area (Å²) < 4.78 is 4.77. The molecule has 1 fully saturated rings. The number of rotatable bonds is 4. The summed E-state index contributed by atoms with van der Waals surface area (Å²) in [4.78, 5) is 18.1. The molecule has 24 heavy (non-hydrogen) atoms. The van der Waals surface area contributed by atoms with Gasteiger partial charge in [-0.1, -0.05) is 24.5 Å². The molecule has 4 nitrogen and oxygen atoms in total. The van der Waals surface area contributed by atoms with Crippen molar-refractivity contribution in [2.24, 2.45) is 17.8 Å². The van der Waals surface area contributed by atoms with E-state index in [9.17, 15) is 4.79 Å². The number of fused-ring (bicyclic) bond motifs is 2. The van der Waals surface area contributed by atoms with Crippen molar-refractivity contribution in [1.29, 1.82) is 0 Å². The number of carbonyl (C=O) groups excluding carboxylic acids is 1. The van der Waals surface area contributed by atoms with E-state index in [1.807, 2.05) is 6.08 Å². The summed E-state index contributed by atoms with van der Waals surface area (Å²) in [6, 6.07) is 0. The van der Waals surface area contributed by atoms with Gasteiger partial charge in [0.2, 0.25) is 0 Å². The molecule has 122 valence electrons. The topological polar surface area (TPSA) is 35.0 Å². The molecule has 2 bridgehead atoms. The second-order valence-corrected chi connectivity index (χ2v) is 6.20. The Bertz CT molecular complexity index is 718. The molecule has 0 heterocycles. The van der Waals surface area contributed by atoms with E-state index in [-0.39, 0.29) is 18.9 Å². The highest BCUT2D eigenvalue weighted by molar-refractivity contribution is 5.66. The van der Waals surface area contributed by atoms with Crippen LogP contribution in [0, 0.1) is 42.7 Å². The molecule has 0 aromatic rings. The van der Waals surface area contributed by atoms with Gasteiger partial charge in [-0.25, -0.2) is 22.8 Å². The van der Waals surface area contributed by atoms with Crippen LogP contribution in [0.3, 0.4) is 0 Å². The Balaban J connectivity index is 2.28. The lowest BCUT2D eigenvalue weighted by Gasteiger charge is -2.27. The smallest absolute Gasteiger partial charge is 0.453 e. The van der Waals surface area contributed by atoms with Crippen molar-refractivity contribution in [3.8, 4) is 11.8 Å². The number of nitrogens with zero attached hydrogens (tertiary/aromatic N) is 2. The molecule has 1 saturated carbocycles. The lowest BCUT2D eigenvalue weighted by atomic mass is 9.73. The molecule has 2 aliphatic carbocycles. The molecule has 0 spiro atoms. The van der Waals surface area contributed by atoms with E-state index < -0.39 is 11.6 Å². The summed E-state index contributed by atoms with van der Waals surface area (Å²) in [6.45, 7) is 20.2.